The summed E-state index contributed by atoms with van der Waals surface area (Å²) < 4.78 is 21.7. The van der Waals surface area contributed by atoms with Gasteiger partial charge in [0.25, 0.3) is 0 Å². The number of ether oxygens (including phenoxy) is 4. The molecule has 0 radical (unpaired) electrons. The number of hydrogen-bond acceptors (Lipinski definition) is 8. The molecule has 0 fully saturated rings. The number of nitrogens with one attached hydrogen (secondary N) is 1. The number of nitrogens with zero attached hydrogens (tertiary/aromatic N) is 1. The molecule has 1 aliphatic carbocycles. The number of alkyl carbamates (subject to hydrolysis) is 1. The number of rotatable bonds is 13. The Morgan fingerprint density at radius 3 is 2.11 bits per heavy atom. The second kappa shape index (κ2) is 14.8. The lowest BCUT2D eigenvalue weighted by Crippen LogP contribution is -2.50. The molecule has 11 heteroatoms. The Morgan fingerprint density at radius 2 is 1.54 bits per heavy atom. The average Bonchev–Trinajstić information content (AvgIpc) is 3.34. The predicted octanol–water partition coefficient (Wildman–Crippen LogP) is 5.15. The molecule has 0 heterocycles. The van der Waals surface area contributed by atoms with Crippen LogP contribution < -0.4 is 14.8 Å². The van der Waals surface area contributed by atoms with Crippen molar-refractivity contribution in [1.82, 2.24) is 10.2 Å². The van der Waals surface area contributed by atoms with Gasteiger partial charge in [-0.25, -0.2) is 4.79 Å². The van der Waals surface area contributed by atoms with E-state index >= 15 is 0 Å². The number of carbonyl (C=O) groups is 4. The summed E-state index contributed by atoms with van der Waals surface area (Å²) in [5.41, 5.74) is 3.94. The van der Waals surface area contributed by atoms with E-state index in [0.29, 0.717) is 17.1 Å². The molecule has 46 heavy (non-hydrogen) atoms. The highest BCUT2D eigenvalue weighted by molar-refractivity contribution is 5.88. The standard InChI is InChI=1S/C35H40N2O9/c1-35(2,3)46-32(40)17-16-29(33(41)37(20-31(38)39)19-22-14-15-23(43-4)18-30(22)44-5)36-34(42)45-21-28-26-12-8-6-10-24(26)25-11-7-9-13-27(25)28/h6-15,18,28-29H,16-17,19-21H2,1-5H3,(H,36,42)(H,38,39)/t29-/m0/s1. The molecule has 244 valence electrons. The molecule has 2 amide bonds. The maximum atomic E-state index is 13.9. The second-order valence-corrected chi connectivity index (χ2v) is 11.9. The van der Waals surface area contributed by atoms with Crippen molar-refractivity contribution in [1.29, 1.82) is 0 Å². The largest absolute Gasteiger partial charge is 0.497 e. The monoisotopic (exact) mass is 632 g/mol. The Hall–Kier alpha value is -5.06. The van der Waals surface area contributed by atoms with E-state index in [1.54, 1.807) is 39.0 Å². The van der Waals surface area contributed by atoms with Crippen molar-refractivity contribution in [2.45, 2.75) is 57.7 Å². The van der Waals surface area contributed by atoms with Gasteiger partial charge < -0.3 is 34.3 Å². The first-order valence-electron chi connectivity index (χ1n) is 14.9. The van der Waals surface area contributed by atoms with Gasteiger partial charge in [0.1, 0.15) is 36.3 Å². The highest BCUT2D eigenvalue weighted by Crippen LogP contribution is 2.44. The summed E-state index contributed by atoms with van der Waals surface area (Å²) >= 11 is 0. The van der Waals surface area contributed by atoms with Crippen molar-refractivity contribution < 1.29 is 43.2 Å². The van der Waals surface area contributed by atoms with Crippen LogP contribution in [0.1, 0.15) is 56.2 Å². The molecule has 1 aliphatic rings. The van der Waals surface area contributed by atoms with E-state index in [-0.39, 0.29) is 31.9 Å². The average molecular weight is 633 g/mol. The number of esters is 1. The number of benzene rings is 3. The van der Waals surface area contributed by atoms with Crippen molar-refractivity contribution >= 4 is 23.9 Å². The molecule has 11 nitrogen and oxygen atoms in total. The Labute approximate surface area is 268 Å². The third kappa shape index (κ3) is 8.56. The number of amides is 2. The highest BCUT2D eigenvalue weighted by atomic mass is 16.6. The molecule has 0 spiro atoms. The number of carboxylic acid groups (broad SMARTS) is 1. The molecular weight excluding hydrogens is 592 g/mol. The molecule has 0 saturated heterocycles. The van der Waals surface area contributed by atoms with Crippen molar-refractivity contribution in [3.63, 3.8) is 0 Å². The topological polar surface area (TPSA) is 141 Å². The molecule has 2 N–H and O–H groups in total. The highest BCUT2D eigenvalue weighted by Gasteiger charge is 2.32. The van der Waals surface area contributed by atoms with E-state index in [1.165, 1.54) is 14.2 Å². The van der Waals surface area contributed by atoms with Crippen LogP contribution in [0.25, 0.3) is 11.1 Å². The number of hydrogen-bond donors (Lipinski definition) is 2. The van der Waals surface area contributed by atoms with Crippen molar-refractivity contribution in [3.8, 4) is 22.6 Å². The lowest BCUT2D eigenvalue weighted by molar-refractivity contribution is -0.155. The van der Waals surface area contributed by atoms with Gasteiger partial charge in [0.15, 0.2) is 0 Å². The lowest BCUT2D eigenvalue weighted by Gasteiger charge is -2.28. The van der Waals surface area contributed by atoms with Crippen molar-refractivity contribution in [2.75, 3.05) is 27.4 Å². The van der Waals surface area contributed by atoms with Gasteiger partial charge in [-0.3, -0.25) is 14.4 Å². The molecule has 0 aliphatic heterocycles. The van der Waals surface area contributed by atoms with E-state index < -0.39 is 42.1 Å². The maximum absolute atomic E-state index is 13.9. The Morgan fingerprint density at radius 1 is 0.913 bits per heavy atom. The molecule has 0 saturated carbocycles. The van der Waals surface area contributed by atoms with E-state index in [9.17, 15) is 24.3 Å². The number of methoxy groups -OCH3 is 2. The fourth-order valence-corrected chi connectivity index (χ4v) is 5.48. The maximum Gasteiger partial charge on any atom is 0.407 e. The summed E-state index contributed by atoms with van der Waals surface area (Å²) in [6.07, 6.45) is -1.22. The Balaban J connectivity index is 1.54. The van der Waals surface area contributed by atoms with Crippen LogP contribution in [0.2, 0.25) is 0 Å². The second-order valence-electron chi connectivity index (χ2n) is 11.9. The van der Waals surface area contributed by atoms with Crippen LogP contribution in [-0.2, 0) is 30.4 Å². The van der Waals surface area contributed by atoms with Crippen molar-refractivity contribution in [3.05, 3.63) is 83.4 Å². The quantitative estimate of drug-likeness (QED) is 0.245. The van der Waals surface area contributed by atoms with Gasteiger partial charge in [-0.2, -0.15) is 0 Å². The summed E-state index contributed by atoms with van der Waals surface area (Å²) in [5, 5.41) is 12.3. The van der Waals surface area contributed by atoms with Gasteiger partial charge in [-0.1, -0.05) is 48.5 Å². The zero-order valence-electron chi connectivity index (χ0n) is 26.7. The summed E-state index contributed by atoms with van der Waals surface area (Å²) in [7, 11) is 2.95. The minimum atomic E-state index is -1.29. The van der Waals surface area contributed by atoms with E-state index in [2.05, 4.69) is 5.32 Å². The van der Waals surface area contributed by atoms with Crippen LogP contribution in [0.5, 0.6) is 11.5 Å². The Kier molecular flexibility index (Phi) is 10.9. The number of carbonyl (C=O) groups excluding carboxylic acids is 3. The zero-order valence-corrected chi connectivity index (χ0v) is 26.7. The SMILES string of the molecule is COc1ccc(CN(CC(=O)O)C(=O)[C@H](CCC(=O)OC(C)(C)C)NC(=O)OCC2c3ccccc3-c3ccccc32)c(OC)c1. The molecule has 4 rings (SSSR count). The molecule has 3 aromatic rings. The van der Waals surface area contributed by atoms with Crippen LogP contribution >= 0.6 is 0 Å². The van der Waals surface area contributed by atoms with E-state index in [4.69, 9.17) is 18.9 Å². The van der Waals surface area contributed by atoms with E-state index in [0.717, 1.165) is 27.2 Å². The van der Waals surface area contributed by atoms with Gasteiger partial charge in [0.2, 0.25) is 5.91 Å². The van der Waals surface area contributed by atoms with Gasteiger partial charge >= 0.3 is 18.0 Å². The summed E-state index contributed by atoms with van der Waals surface area (Å²) in [6.45, 7) is 4.36. The lowest BCUT2D eigenvalue weighted by atomic mass is 9.98. The van der Waals surface area contributed by atoms with Crippen LogP contribution in [-0.4, -0.2) is 73.0 Å². The molecule has 0 aromatic heterocycles. The van der Waals surface area contributed by atoms with Gasteiger partial charge in [-0.05, 0) is 61.6 Å². The first-order chi connectivity index (χ1) is 21.9. The van der Waals surface area contributed by atoms with Gasteiger partial charge in [0, 0.05) is 24.0 Å². The molecule has 1 atom stereocenters. The fourth-order valence-electron chi connectivity index (χ4n) is 5.48. The smallest absolute Gasteiger partial charge is 0.407 e. The zero-order chi connectivity index (χ0) is 33.4. The van der Waals surface area contributed by atoms with Gasteiger partial charge in [0.05, 0.1) is 20.8 Å². The van der Waals surface area contributed by atoms with Crippen LogP contribution in [0, 0.1) is 0 Å². The van der Waals surface area contributed by atoms with Crippen molar-refractivity contribution in [2.24, 2.45) is 0 Å². The predicted molar refractivity (Wildman–Crippen MR) is 170 cm³/mol. The Bertz CT molecular complexity index is 1530. The third-order valence-corrected chi connectivity index (χ3v) is 7.48. The van der Waals surface area contributed by atoms with Gasteiger partial charge in [-0.15, -0.1) is 0 Å². The van der Waals surface area contributed by atoms with E-state index in [1.807, 2.05) is 48.5 Å². The number of aliphatic carboxylic acids is 1. The minimum Gasteiger partial charge on any atom is -0.497 e. The summed E-state index contributed by atoms with van der Waals surface area (Å²) in [5.74, 6) is -1.84. The minimum absolute atomic E-state index is 0.00865. The molecule has 0 bridgehead atoms. The number of fused-ring (bicyclic) bond motifs is 3. The summed E-state index contributed by atoms with van der Waals surface area (Å²) in [6, 6.07) is 19.5. The molecular formula is C35H40N2O9. The third-order valence-electron chi connectivity index (χ3n) is 7.48. The van der Waals surface area contributed by atoms with Crippen LogP contribution in [0.15, 0.2) is 66.7 Å². The molecule has 3 aromatic carbocycles. The first-order valence-corrected chi connectivity index (χ1v) is 14.9. The van der Waals surface area contributed by atoms with Crippen LogP contribution in [0.3, 0.4) is 0 Å². The summed E-state index contributed by atoms with van der Waals surface area (Å²) in [4.78, 5) is 52.6. The fraction of sp³-hybridized carbons (Fsp3) is 0.371. The first kappa shape index (κ1) is 33.8. The van der Waals surface area contributed by atoms with Crippen LogP contribution in [0.4, 0.5) is 4.79 Å². The normalized spacial score (nSPS) is 12.7. The molecule has 0 unspecified atom stereocenters. The number of carboxylic acids is 1.